The molecule has 2 N–H and O–H groups in total. The number of nitrogens with zero attached hydrogens (tertiary/aromatic N) is 1. The number of nitrogens with one attached hydrogen (secondary N) is 1. The summed E-state index contributed by atoms with van der Waals surface area (Å²) in [5.74, 6) is 1.07. The summed E-state index contributed by atoms with van der Waals surface area (Å²) in [5.41, 5.74) is 1.01. The molecule has 0 bridgehead atoms. The summed E-state index contributed by atoms with van der Waals surface area (Å²) in [6.45, 7) is 3.16. The summed E-state index contributed by atoms with van der Waals surface area (Å²) in [5, 5.41) is 13.1. The third-order valence-electron chi connectivity index (χ3n) is 5.03. The van der Waals surface area contributed by atoms with Crippen molar-refractivity contribution < 1.29 is 14.6 Å². The van der Waals surface area contributed by atoms with E-state index in [2.05, 4.69) is 5.32 Å². The first-order valence-corrected chi connectivity index (χ1v) is 8.80. The number of rotatable bonds is 7. The number of hydrogen-bond donors (Lipinski definition) is 2. The van der Waals surface area contributed by atoms with Gasteiger partial charge in [0, 0.05) is 13.1 Å². The van der Waals surface area contributed by atoms with Crippen LogP contribution in [0.25, 0.3) is 0 Å². The highest BCUT2D eigenvalue weighted by Gasteiger charge is 2.27. The van der Waals surface area contributed by atoms with Crippen molar-refractivity contribution >= 4 is 5.91 Å². The van der Waals surface area contributed by atoms with E-state index in [1.54, 1.807) is 7.11 Å². The van der Waals surface area contributed by atoms with Gasteiger partial charge in [0.1, 0.15) is 5.75 Å². The number of ether oxygens (including phenoxy) is 1. The smallest absolute Gasteiger partial charge is 0.237 e. The largest absolute Gasteiger partial charge is 0.497 e. The van der Waals surface area contributed by atoms with Gasteiger partial charge in [-0.25, -0.2) is 0 Å². The minimum Gasteiger partial charge on any atom is -0.497 e. The van der Waals surface area contributed by atoms with Gasteiger partial charge in [-0.15, -0.1) is 0 Å². The second kappa shape index (κ2) is 9.04. The third kappa shape index (κ3) is 5.21. The van der Waals surface area contributed by atoms with Gasteiger partial charge in [0.05, 0.1) is 19.3 Å². The van der Waals surface area contributed by atoms with Gasteiger partial charge in [0.2, 0.25) is 5.91 Å². The Morgan fingerprint density at radius 3 is 2.88 bits per heavy atom. The van der Waals surface area contributed by atoms with Gasteiger partial charge in [-0.3, -0.25) is 9.69 Å². The van der Waals surface area contributed by atoms with Crippen molar-refractivity contribution in [3.8, 4) is 5.75 Å². The Hall–Kier alpha value is -1.59. The summed E-state index contributed by atoms with van der Waals surface area (Å²) in [7, 11) is 3.59. The Bertz CT molecular complexity index is 535. The molecular weight excluding hydrogens is 304 g/mol. The molecule has 3 atom stereocenters. The first kappa shape index (κ1) is 18.7. The summed E-state index contributed by atoms with van der Waals surface area (Å²) in [6.07, 6.45) is 3.98. The van der Waals surface area contributed by atoms with Gasteiger partial charge in [0.15, 0.2) is 0 Å². The molecule has 1 amide bonds. The molecule has 1 aliphatic rings. The average molecular weight is 334 g/mol. The maximum atomic E-state index is 12.4. The van der Waals surface area contributed by atoms with E-state index in [0.717, 1.165) is 37.1 Å². The lowest BCUT2D eigenvalue weighted by Gasteiger charge is -2.33. The summed E-state index contributed by atoms with van der Waals surface area (Å²) in [4.78, 5) is 14.4. The van der Waals surface area contributed by atoms with E-state index in [9.17, 15) is 9.90 Å². The molecule has 0 spiro atoms. The van der Waals surface area contributed by atoms with E-state index in [1.165, 1.54) is 6.42 Å². The number of benzene rings is 1. The Morgan fingerprint density at radius 2 is 2.17 bits per heavy atom. The Labute approximate surface area is 145 Å². The highest BCUT2D eigenvalue weighted by atomic mass is 16.5. The molecule has 1 saturated carbocycles. The lowest BCUT2D eigenvalue weighted by atomic mass is 9.86. The minimum absolute atomic E-state index is 0.00520. The van der Waals surface area contributed by atoms with E-state index >= 15 is 0 Å². The van der Waals surface area contributed by atoms with Crippen LogP contribution in [0.4, 0.5) is 0 Å². The van der Waals surface area contributed by atoms with E-state index in [1.807, 2.05) is 43.1 Å². The van der Waals surface area contributed by atoms with Gasteiger partial charge >= 0.3 is 0 Å². The lowest BCUT2D eigenvalue weighted by molar-refractivity contribution is -0.126. The van der Waals surface area contributed by atoms with Crippen molar-refractivity contribution in [2.24, 2.45) is 5.92 Å². The highest BCUT2D eigenvalue weighted by Crippen LogP contribution is 2.25. The van der Waals surface area contributed by atoms with Gasteiger partial charge in [-0.05, 0) is 50.4 Å². The van der Waals surface area contributed by atoms with Crippen LogP contribution in [-0.4, -0.2) is 48.8 Å². The molecule has 1 aliphatic carbocycles. The van der Waals surface area contributed by atoms with Crippen LogP contribution >= 0.6 is 0 Å². The molecule has 5 heteroatoms. The van der Waals surface area contributed by atoms with Crippen molar-refractivity contribution in [2.45, 2.75) is 51.3 Å². The standard InChI is InChI=1S/C19H30N2O3/c1-14(21(2)13-16-8-4-5-10-18(16)22)19(23)20-12-15-7-6-9-17(11-15)24-3/h6-7,9,11,14,16,18,22H,4-5,8,10,12-13H2,1-3H3,(H,20,23). The first-order valence-electron chi connectivity index (χ1n) is 8.80. The highest BCUT2D eigenvalue weighted by molar-refractivity contribution is 5.81. The molecule has 0 aliphatic heterocycles. The lowest BCUT2D eigenvalue weighted by Crippen LogP contribution is -2.46. The SMILES string of the molecule is COc1cccc(CNC(=O)C(C)N(C)CC2CCCCC2O)c1. The first-order chi connectivity index (χ1) is 11.5. The van der Waals surface area contributed by atoms with E-state index < -0.39 is 0 Å². The van der Waals surface area contributed by atoms with Crippen molar-refractivity contribution in [1.29, 1.82) is 0 Å². The van der Waals surface area contributed by atoms with Crippen LogP contribution in [0, 0.1) is 5.92 Å². The maximum absolute atomic E-state index is 12.4. The van der Waals surface area contributed by atoms with Crippen LogP contribution in [-0.2, 0) is 11.3 Å². The molecule has 0 radical (unpaired) electrons. The molecular formula is C19H30N2O3. The van der Waals surface area contributed by atoms with Crippen molar-refractivity contribution in [3.05, 3.63) is 29.8 Å². The number of methoxy groups -OCH3 is 1. The molecule has 0 saturated heterocycles. The van der Waals surface area contributed by atoms with Crippen LogP contribution < -0.4 is 10.1 Å². The molecule has 5 nitrogen and oxygen atoms in total. The number of amides is 1. The van der Waals surface area contributed by atoms with Crippen LogP contribution in [0.15, 0.2) is 24.3 Å². The summed E-state index contributed by atoms with van der Waals surface area (Å²) >= 11 is 0. The van der Waals surface area contributed by atoms with Crippen LogP contribution in [0.3, 0.4) is 0 Å². The molecule has 3 unspecified atom stereocenters. The normalized spacial score (nSPS) is 22.2. The Balaban J connectivity index is 1.82. The van der Waals surface area contributed by atoms with Gasteiger partial charge in [0.25, 0.3) is 0 Å². The maximum Gasteiger partial charge on any atom is 0.237 e. The summed E-state index contributed by atoms with van der Waals surface area (Å²) in [6, 6.07) is 7.48. The molecule has 2 rings (SSSR count). The van der Waals surface area contributed by atoms with E-state index in [0.29, 0.717) is 6.54 Å². The molecule has 1 fully saturated rings. The average Bonchev–Trinajstić information content (AvgIpc) is 2.61. The third-order valence-corrected chi connectivity index (χ3v) is 5.03. The number of likely N-dealkylation sites (N-methyl/N-ethyl adjacent to an activating group) is 1. The second-order valence-electron chi connectivity index (χ2n) is 6.80. The van der Waals surface area contributed by atoms with Crippen molar-refractivity contribution in [3.63, 3.8) is 0 Å². The van der Waals surface area contributed by atoms with Gasteiger partial charge in [-0.1, -0.05) is 25.0 Å². The zero-order chi connectivity index (χ0) is 17.5. The number of carbonyl (C=O) groups excluding carboxylic acids is 1. The van der Waals surface area contributed by atoms with Crippen molar-refractivity contribution in [2.75, 3.05) is 20.7 Å². The quantitative estimate of drug-likeness (QED) is 0.802. The zero-order valence-corrected chi connectivity index (χ0v) is 15.0. The Morgan fingerprint density at radius 1 is 1.42 bits per heavy atom. The predicted octanol–water partition coefficient (Wildman–Crippen LogP) is 2.18. The second-order valence-corrected chi connectivity index (χ2v) is 6.80. The molecule has 24 heavy (non-hydrogen) atoms. The van der Waals surface area contributed by atoms with Crippen LogP contribution in [0.1, 0.15) is 38.2 Å². The summed E-state index contributed by atoms with van der Waals surface area (Å²) < 4.78 is 5.20. The molecule has 1 aromatic carbocycles. The topological polar surface area (TPSA) is 61.8 Å². The molecule has 0 heterocycles. The number of aliphatic hydroxyl groups is 1. The number of carbonyl (C=O) groups is 1. The predicted molar refractivity (Wildman–Crippen MR) is 94.9 cm³/mol. The van der Waals surface area contributed by atoms with Crippen molar-refractivity contribution in [1.82, 2.24) is 10.2 Å². The molecule has 134 valence electrons. The van der Waals surface area contributed by atoms with Crippen LogP contribution in [0.2, 0.25) is 0 Å². The Kier molecular flexibility index (Phi) is 7.06. The zero-order valence-electron chi connectivity index (χ0n) is 15.0. The number of hydrogen-bond acceptors (Lipinski definition) is 4. The van der Waals surface area contributed by atoms with Crippen LogP contribution in [0.5, 0.6) is 5.75 Å². The fourth-order valence-corrected chi connectivity index (χ4v) is 3.25. The number of aliphatic hydroxyl groups excluding tert-OH is 1. The fourth-order valence-electron chi connectivity index (χ4n) is 3.25. The molecule has 0 aromatic heterocycles. The van der Waals surface area contributed by atoms with Gasteiger partial charge < -0.3 is 15.2 Å². The van der Waals surface area contributed by atoms with E-state index in [-0.39, 0.29) is 24.0 Å². The van der Waals surface area contributed by atoms with E-state index in [4.69, 9.17) is 4.74 Å². The van der Waals surface area contributed by atoms with Gasteiger partial charge in [-0.2, -0.15) is 0 Å². The minimum atomic E-state index is -0.228. The fraction of sp³-hybridized carbons (Fsp3) is 0.632. The molecule has 1 aromatic rings. The monoisotopic (exact) mass is 334 g/mol.